The Kier molecular flexibility index (Phi) is 164. The van der Waals surface area contributed by atoms with Gasteiger partial charge in [-0.15, -0.1) is 0 Å². The Hall–Kier alpha value is 2.90. The van der Waals surface area contributed by atoms with Gasteiger partial charge in [0.2, 0.25) is 0 Å². The van der Waals surface area contributed by atoms with Crippen LogP contribution in [-0.2, 0) is 102 Å². The third kappa shape index (κ3) is 1310. The Bertz CT molecular complexity index is 74.6. The molecular formula is B4Cu6O12. The summed E-state index contributed by atoms with van der Waals surface area (Å²) in [7, 11) is -11.7. The predicted molar refractivity (Wildman–Crippen MR) is 23.0 cm³/mol. The average Bonchev–Trinajstić information content (AvgIpc) is 1.76. The second-order valence-corrected chi connectivity index (χ2v) is 1.15. The summed E-state index contributed by atoms with van der Waals surface area (Å²) in [5, 5.41) is 101. The van der Waals surface area contributed by atoms with Gasteiger partial charge in [-0.2, -0.15) is 0 Å². The van der Waals surface area contributed by atoms with Crippen LogP contribution in [-0.4, -0.2) is 29.3 Å². The van der Waals surface area contributed by atoms with Crippen LogP contribution in [0.4, 0.5) is 0 Å². The molecule has 0 saturated carbocycles. The summed E-state index contributed by atoms with van der Waals surface area (Å²) in [5.41, 5.74) is 0. The van der Waals surface area contributed by atoms with E-state index in [4.69, 9.17) is 60.3 Å². The second kappa shape index (κ2) is 56.5. The topological polar surface area (TPSA) is 277 Å². The molecule has 12 nitrogen and oxygen atoms in total. The maximum absolute atomic E-state index is 8.42. The summed E-state index contributed by atoms with van der Waals surface area (Å²) in [4.78, 5) is 0. The third-order valence-electron chi connectivity index (χ3n) is 0. The minimum absolute atomic E-state index is 0. The van der Waals surface area contributed by atoms with Crippen LogP contribution >= 0.6 is 0 Å². The second-order valence-electron chi connectivity index (χ2n) is 1.15. The van der Waals surface area contributed by atoms with Crippen molar-refractivity contribution in [1.29, 1.82) is 0 Å². The van der Waals surface area contributed by atoms with Gasteiger partial charge in [0, 0.05) is 0 Å². The third-order valence-corrected chi connectivity index (χ3v) is 0. The van der Waals surface area contributed by atoms with E-state index < -0.39 is 29.3 Å². The van der Waals surface area contributed by atoms with Crippen molar-refractivity contribution in [3.8, 4) is 0 Å². The van der Waals surface area contributed by atoms with Gasteiger partial charge in [0.15, 0.2) is 0 Å². The molecule has 0 N–H and O–H groups in total. The van der Waals surface area contributed by atoms with Crippen molar-refractivity contribution in [2.24, 2.45) is 0 Å². The van der Waals surface area contributed by atoms with Crippen molar-refractivity contribution in [2.75, 3.05) is 0 Å². The Labute approximate surface area is 190 Å². The minimum atomic E-state index is -2.92. The summed E-state index contributed by atoms with van der Waals surface area (Å²) in [6.07, 6.45) is 0. The average molecular weight is 617 g/mol. The van der Waals surface area contributed by atoms with E-state index in [-0.39, 0.29) is 102 Å². The molecule has 0 rings (SSSR count). The fourth-order valence-electron chi connectivity index (χ4n) is 0. The quantitative estimate of drug-likeness (QED) is 0.229. The van der Waals surface area contributed by atoms with Crippen molar-refractivity contribution < 1.29 is 163 Å². The van der Waals surface area contributed by atoms with E-state index >= 15 is 0 Å². The first-order chi connectivity index (χ1) is 6.93. The maximum Gasteiger partial charge on any atom is 2.00 e. The van der Waals surface area contributed by atoms with Crippen LogP contribution in [0.2, 0.25) is 0 Å². The monoisotopic (exact) mass is 614 g/mol. The summed E-state index contributed by atoms with van der Waals surface area (Å²) >= 11 is 0. The Balaban J connectivity index is -0.00000001000. The molecule has 0 aliphatic rings. The van der Waals surface area contributed by atoms with Crippen LogP contribution < -0.4 is 60.3 Å². The normalized spacial score (nSPS) is 4.91. The van der Waals surface area contributed by atoms with Crippen molar-refractivity contribution in [2.45, 2.75) is 0 Å². The van der Waals surface area contributed by atoms with Gasteiger partial charge in [0.25, 0.3) is 0 Å². The van der Waals surface area contributed by atoms with Crippen LogP contribution in [0.3, 0.4) is 0 Å². The maximum atomic E-state index is 8.42. The van der Waals surface area contributed by atoms with Crippen molar-refractivity contribution in [3.05, 3.63) is 0 Å². The molecule has 0 atom stereocenters. The summed E-state index contributed by atoms with van der Waals surface area (Å²) in [6.45, 7) is 0. The van der Waals surface area contributed by atoms with Crippen LogP contribution in [0.5, 0.6) is 0 Å². The molecule has 0 heterocycles. The van der Waals surface area contributed by atoms with Crippen LogP contribution in [0, 0.1) is 0 Å². The molecule has 22 heavy (non-hydrogen) atoms. The SMILES string of the molecule is [Cu+2].[Cu+2].[Cu+2].[Cu+2].[Cu+2].[Cu+2].[O-]B([O-])[O-].[O-]B([O-])[O-].[O-]B([O-])[O-].[O-]B([O-])[O-]. The van der Waals surface area contributed by atoms with E-state index in [0.717, 1.165) is 0 Å². The molecule has 0 unspecified atom stereocenters. The molecule has 0 bridgehead atoms. The Morgan fingerprint density at radius 2 is 0.227 bits per heavy atom. The standard InChI is InChI=1S/4BO3.6Cu/c4*2-1(3)4;;;;;;/q4*-3;6*+2. The minimum Gasteiger partial charge on any atom is -0.907 e. The van der Waals surface area contributed by atoms with E-state index in [1.807, 2.05) is 0 Å². The molecule has 150 valence electrons. The molecule has 0 amide bonds. The van der Waals surface area contributed by atoms with Crippen LogP contribution in [0.1, 0.15) is 0 Å². The Morgan fingerprint density at radius 3 is 0.227 bits per heavy atom. The zero-order chi connectivity index (χ0) is 14.3. The van der Waals surface area contributed by atoms with Gasteiger partial charge in [-0.05, 0) is 0 Å². The fraction of sp³-hybridized carbons (Fsp3) is 0. The zero-order valence-corrected chi connectivity index (χ0v) is 14.7. The molecule has 6 radical (unpaired) electrons. The summed E-state index contributed by atoms with van der Waals surface area (Å²) in [5.74, 6) is 0. The molecule has 0 spiro atoms. The number of hydrogen-bond donors (Lipinski definition) is 0. The first-order valence-electron chi connectivity index (χ1n) is 2.83. The number of rotatable bonds is 0. The molecule has 0 aromatic carbocycles. The largest absolute Gasteiger partial charge is 2.00 e. The molecule has 0 aromatic heterocycles. The first-order valence-corrected chi connectivity index (χ1v) is 2.83. The summed E-state index contributed by atoms with van der Waals surface area (Å²) < 4.78 is 0. The predicted octanol–water partition coefficient (Wildman–Crippen LogP) is -15.8. The van der Waals surface area contributed by atoms with E-state index in [0.29, 0.717) is 0 Å². The van der Waals surface area contributed by atoms with E-state index in [9.17, 15) is 0 Å². The molecule has 0 fully saturated rings. The zero-order valence-electron chi connectivity index (χ0n) is 9.02. The molecule has 0 aliphatic carbocycles. The van der Waals surface area contributed by atoms with Gasteiger partial charge >= 0.3 is 102 Å². The summed E-state index contributed by atoms with van der Waals surface area (Å²) in [6, 6.07) is 0. The molecule has 0 aromatic rings. The van der Waals surface area contributed by atoms with Gasteiger partial charge in [-0.1, -0.05) is 0 Å². The van der Waals surface area contributed by atoms with Gasteiger partial charge in [-0.3, -0.25) is 29.3 Å². The number of hydrogen-bond acceptors (Lipinski definition) is 12. The van der Waals surface area contributed by atoms with E-state index in [2.05, 4.69) is 0 Å². The van der Waals surface area contributed by atoms with E-state index in [1.165, 1.54) is 0 Å². The molecule has 0 aliphatic heterocycles. The molecule has 0 saturated heterocycles. The first kappa shape index (κ1) is 64.1. The Morgan fingerprint density at radius 1 is 0.227 bits per heavy atom. The van der Waals surface area contributed by atoms with Gasteiger partial charge in [-0.25, -0.2) is 0 Å². The smallest absolute Gasteiger partial charge is 0.907 e. The van der Waals surface area contributed by atoms with Crippen LogP contribution in [0.15, 0.2) is 0 Å². The van der Waals surface area contributed by atoms with Crippen molar-refractivity contribution >= 4 is 29.3 Å². The van der Waals surface area contributed by atoms with E-state index in [1.54, 1.807) is 0 Å². The van der Waals surface area contributed by atoms with Gasteiger partial charge < -0.3 is 60.3 Å². The molecular weight excluding hydrogens is 617 g/mol. The van der Waals surface area contributed by atoms with Crippen LogP contribution in [0.25, 0.3) is 0 Å². The van der Waals surface area contributed by atoms with Crippen molar-refractivity contribution in [3.63, 3.8) is 0 Å². The molecule has 22 heteroatoms. The van der Waals surface area contributed by atoms with Gasteiger partial charge in [0.1, 0.15) is 0 Å². The van der Waals surface area contributed by atoms with Gasteiger partial charge in [0.05, 0.1) is 0 Å². The van der Waals surface area contributed by atoms with Crippen molar-refractivity contribution in [1.82, 2.24) is 0 Å². The fourth-order valence-corrected chi connectivity index (χ4v) is 0.